The summed E-state index contributed by atoms with van der Waals surface area (Å²) < 4.78 is 5.02. The molecule has 78 valence electrons. The molecule has 0 amide bonds. The quantitative estimate of drug-likeness (QED) is 0.819. The minimum absolute atomic E-state index is 0.813. The lowest BCUT2D eigenvalue weighted by Gasteiger charge is -2.09. The van der Waals surface area contributed by atoms with Crippen molar-refractivity contribution in [3.8, 4) is 0 Å². The van der Waals surface area contributed by atoms with E-state index < -0.39 is 0 Å². The second kappa shape index (κ2) is 4.69. The molecule has 0 aliphatic carbocycles. The van der Waals surface area contributed by atoms with Gasteiger partial charge in [0.25, 0.3) is 0 Å². The molecule has 0 saturated carbocycles. The highest BCUT2D eigenvalue weighted by atomic mass is 16.3. The molecule has 2 aromatic rings. The van der Waals surface area contributed by atoms with E-state index in [1.54, 1.807) is 12.5 Å². The molecule has 0 saturated heterocycles. The van der Waals surface area contributed by atoms with Crippen LogP contribution < -0.4 is 5.32 Å². The first-order valence-electron chi connectivity index (χ1n) is 5.23. The lowest BCUT2D eigenvalue weighted by molar-refractivity contribution is 0.564. The van der Waals surface area contributed by atoms with Gasteiger partial charge < -0.3 is 9.73 Å². The van der Waals surface area contributed by atoms with Crippen molar-refractivity contribution < 1.29 is 4.42 Å². The van der Waals surface area contributed by atoms with Crippen LogP contribution in [-0.4, -0.2) is 0 Å². The van der Waals surface area contributed by atoms with Crippen LogP contribution in [0.1, 0.15) is 18.1 Å². The first-order valence-corrected chi connectivity index (χ1v) is 5.23. The van der Waals surface area contributed by atoms with Crippen molar-refractivity contribution in [1.29, 1.82) is 0 Å². The molecule has 1 aromatic carbocycles. The van der Waals surface area contributed by atoms with Gasteiger partial charge in [-0.15, -0.1) is 0 Å². The third-order valence-electron chi connectivity index (χ3n) is 2.46. The number of anilines is 1. The number of nitrogens with one attached hydrogen (secondary N) is 1. The van der Waals surface area contributed by atoms with Gasteiger partial charge in [-0.05, 0) is 24.1 Å². The molecule has 1 heterocycles. The van der Waals surface area contributed by atoms with Crippen LogP contribution in [0.5, 0.6) is 0 Å². The fraction of sp³-hybridized carbons (Fsp3) is 0.231. The molecule has 0 radical (unpaired) electrons. The van der Waals surface area contributed by atoms with Gasteiger partial charge in [-0.1, -0.05) is 25.1 Å². The second-order valence-corrected chi connectivity index (χ2v) is 3.50. The van der Waals surface area contributed by atoms with Gasteiger partial charge in [0.15, 0.2) is 0 Å². The maximum Gasteiger partial charge on any atom is 0.0952 e. The topological polar surface area (TPSA) is 25.2 Å². The van der Waals surface area contributed by atoms with E-state index in [0.29, 0.717) is 0 Å². The molecule has 0 bridgehead atoms. The monoisotopic (exact) mass is 201 g/mol. The second-order valence-electron chi connectivity index (χ2n) is 3.50. The molecule has 2 nitrogen and oxygen atoms in total. The van der Waals surface area contributed by atoms with Crippen molar-refractivity contribution in [2.45, 2.75) is 19.9 Å². The first kappa shape index (κ1) is 9.84. The standard InChI is InChI=1S/C13H15NO/c1-2-12-5-3-4-6-13(12)14-9-11-7-8-15-10-11/h3-8,10,14H,2,9H2,1H3. The molecule has 0 aliphatic rings. The molecule has 15 heavy (non-hydrogen) atoms. The van der Waals surface area contributed by atoms with Crippen molar-refractivity contribution >= 4 is 5.69 Å². The van der Waals surface area contributed by atoms with E-state index >= 15 is 0 Å². The number of aryl methyl sites for hydroxylation is 1. The number of furan rings is 1. The van der Waals surface area contributed by atoms with Gasteiger partial charge in [-0.2, -0.15) is 0 Å². The van der Waals surface area contributed by atoms with Gasteiger partial charge in [0, 0.05) is 17.8 Å². The minimum Gasteiger partial charge on any atom is -0.472 e. The van der Waals surface area contributed by atoms with Crippen LogP contribution in [0.2, 0.25) is 0 Å². The number of hydrogen-bond acceptors (Lipinski definition) is 2. The number of hydrogen-bond donors (Lipinski definition) is 1. The molecule has 0 unspecified atom stereocenters. The molecular weight excluding hydrogens is 186 g/mol. The van der Waals surface area contributed by atoms with Crippen molar-refractivity contribution in [3.05, 3.63) is 54.0 Å². The summed E-state index contributed by atoms with van der Waals surface area (Å²) in [5, 5.41) is 3.41. The van der Waals surface area contributed by atoms with Crippen LogP contribution in [0.25, 0.3) is 0 Å². The summed E-state index contributed by atoms with van der Waals surface area (Å²) in [6, 6.07) is 10.4. The van der Waals surface area contributed by atoms with E-state index in [-0.39, 0.29) is 0 Å². The number of benzene rings is 1. The van der Waals surface area contributed by atoms with Crippen molar-refractivity contribution in [1.82, 2.24) is 0 Å². The molecule has 1 aromatic heterocycles. The Labute approximate surface area is 89.9 Å². The van der Waals surface area contributed by atoms with Crippen LogP contribution in [0.4, 0.5) is 5.69 Å². The Bertz CT molecular complexity index is 406. The zero-order valence-electron chi connectivity index (χ0n) is 8.86. The minimum atomic E-state index is 0.813. The van der Waals surface area contributed by atoms with Crippen LogP contribution >= 0.6 is 0 Å². The van der Waals surface area contributed by atoms with Gasteiger partial charge in [0.2, 0.25) is 0 Å². The SMILES string of the molecule is CCc1ccccc1NCc1ccoc1. The van der Waals surface area contributed by atoms with Crippen LogP contribution in [0.3, 0.4) is 0 Å². The van der Waals surface area contributed by atoms with E-state index in [1.807, 2.05) is 6.07 Å². The van der Waals surface area contributed by atoms with E-state index in [0.717, 1.165) is 13.0 Å². The fourth-order valence-electron chi connectivity index (χ4n) is 1.59. The summed E-state index contributed by atoms with van der Waals surface area (Å²) >= 11 is 0. The average molecular weight is 201 g/mol. The van der Waals surface area contributed by atoms with Crippen molar-refractivity contribution in [2.75, 3.05) is 5.32 Å². The van der Waals surface area contributed by atoms with Gasteiger partial charge in [-0.3, -0.25) is 0 Å². The Morgan fingerprint density at radius 3 is 2.80 bits per heavy atom. The van der Waals surface area contributed by atoms with E-state index in [4.69, 9.17) is 4.42 Å². The van der Waals surface area contributed by atoms with Crippen LogP contribution in [0, 0.1) is 0 Å². The average Bonchev–Trinajstić information content (AvgIpc) is 2.79. The molecule has 2 heteroatoms. The first-order chi connectivity index (χ1) is 7.40. The van der Waals surface area contributed by atoms with Crippen LogP contribution in [-0.2, 0) is 13.0 Å². The normalized spacial score (nSPS) is 10.2. The molecule has 0 atom stereocenters. The highest BCUT2D eigenvalue weighted by molar-refractivity contribution is 5.51. The summed E-state index contributed by atoms with van der Waals surface area (Å²) in [7, 11) is 0. The highest BCUT2D eigenvalue weighted by Crippen LogP contribution is 2.16. The molecule has 0 aliphatic heterocycles. The van der Waals surface area contributed by atoms with Gasteiger partial charge >= 0.3 is 0 Å². The third-order valence-corrected chi connectivity index (χ3v) is 2.46. The zero-order valence-corrected chi connectivity index (χ0v) is 8.86. The van der Waals surface area contributed by atoms with Gasteiger partial charge in [-0.25, -0.2) is 0 Å². The Morgan fingerprint density at radius 2 is 2.07 bits per heavy atom. The molecule has 0 spiro atoms. The maximum atomic E-state index is 5.02. The zero-order chi connectivity index (χ0) is 10.5. The Hall–Kier alpha value is -1.70. The summed E-state index contributed by atoms with van der Waals surface area (Å²) in [6.07, 6.45) is 4.51. The van der Waals surface area contributed by atoms with Crippen molar-refractivity contribution in [3.63, 3.8) is 0 Å². The molecule has 1 N–H and O–H groups in total. The summed E-state index contributed by atoms with van der Waals surface area (Å²) in [6.45, 7) is 2.98. The molecule has 2 rings (SSSR count). The predicted octanol–water partition coefficient (Wildman–Crippen LogP) is 3.45. The summed E-state index contributed by atoms with van der Waals surface area (Å²) in [5.74, 6) is 0. The lowest BCUT2D eigenvalue weighted by Crippen LogP contribution is -2.00. The van der Waals surface area contributed by atoms with Gasteiger partial charge in [0.05, 0.1) is 12.5 Å². The molecular formula is C13H15NO. The van der Waals surface area contributed by atoms with Gasteiger partial charge in [0.1, 0.15) is 0 Å². The molecule has 0 fully saturated rings. The van der Waals surface area contributed by atoms with Crippen LogP contribution in [0.15, 0.2) is 47.3 Å². The van der Waals surface area contributed by atoms with E-state index in [1.165, 1.54) is 16.8 Å². The predicted molar refractivity (Wildman–Crippen MR) is 61.9 cm³/mol. The smallest absolute Gasteiger partial charge is 0.0952 e. The van der Waals surface area contributed by atoms with E-state index in [9.17, 15) is 0 Å². The highest BCUT2D eigenvalue weighted by Gasteiger charge is 1.99. The lowest BCUT2D eigenvalue weighted by atomic mass is 10.1. The Kier molecular flexibility index (Phi) is 3.08. The summed E-state index contributed by atoms with van der Waals surface area (Å²) in [5.41, 5.74) is 3.73. The van der Waals surface area contributed by atoms with E-state index in [2.05, 4.69) is 36.5 Å². The fourth-order valence-corrected chi connectivity index (χ4v) is 1.59. The Balaban J connectivity index is 2.04. The Morgan fingerprint density at radius 1 is 1.20 bits per heavy atom. The number of para-hydroxylation sites is 1. The van der Waals surface area contributed by atoms with Crippen molar-refractivity contribution in [2.24, 2.45) is 0 Å². The maximum absolute atomic E-state index is 5.02. The summed E-state index contributed by atoms with van der Waals surface area (Å²) in [4.78, 5) is 0. The number of rotatable bonds is 4. The third kappa shape index (κ3) is 2.40. The largest absolute Gasteiger partial charge is 0.472 e.